The SMILES string of the molecule is C/C=C\[C@H](C)/C=C(\C)[C@@H](OCOC)[C@@H](CO)[C@H]1O[C@@H](c2ccc(OC)c(OC)c2)O[C@@H](CC(=O)[C@@H](C)/C=C(\C)[C@H](OCOC)[C@@H](C)[C@@H]2O[C@H](c3ccc(OC)c(OC)c3)O[C@H]([C@@H](OCOC)C(=O)O)[C@@H]2C)[C@H]1C. The van der Waals surface area contributed by atoms with Crippen molar-refractivity contribution in [2.24, 2.45) is 35.5 Å². The van der Waals surface area contributed by atoms with E-state index in [2.05, 4.69) is 19.1 Å². The van der Waals surface area contributed by atoms with Crippen LogP contribution in [0.5, 0.6) is 23.0 Å². The van der Waals surface area contributed by atoms with Gasteiger partial charge in [0.05, 0.1) is 65.6 Å². The Morgan fingerprint density at radius 2 is 1.14 bits per heavy atom. The molecule has 0 radical (unpaired) electrons. The van der Waals surface area contributed by atoms with Crippen molar-refractivity contribution in [3.63, 3.8) is 0 Å². The lowest BCUT2D eigenvalue weighted by Crippen LogP contribution is -2.54. The van der Waals surface area contributed by atoms with Crippen molar-refractivity contribution < 1.29 is 86.1 Å². The first-order chi connectivity index (χ1) is 35.0. The highest BCUT2D eigenvalue weighted by Gasteiger charge is 2.49. The van der Waals surface area contributed by atoms with Crippen LogP contribution in [-0.4, -0.2) is 141 Å². The normalized spacial score (nSPS) is 25.8. The van der Waals surface area contributed by atoms with Gasteiger partial charge in [-0.3, -0.25) is 4.79 Å². The van der Waals surface area contributed by atoms with Crippen molar-refractivity contribution in [2.75, 3.05) is 76.8 Å². The standard InChI is InChI=1S/C55H82O18/c1-16-17-31(2)22-33(4)48(68-29-61-10)40(27-56)50-35(6)44(70-54(72-50)38-18-20-42(63-12)45(24-38)65-14)26-41(57)32(3)23-34(5)47(67-28-60-9)36(7)49-37(8)51(52(53(58)59)69-30-62-11)73-55(71-49)39-19-21-43(64-13)46(25-39)66-15/h16-25,31-32,35-37,40,44,47-52,54-56H,26-30H2,1-15H3,(H,58,59)/b17-16-,33-22+,34-23+/t31-,32-,35+,36+,37+,40+,44-,47-,48+,49-,50-,51-,52+,54-,55-/m0/s1. The zero-order chi connectivity index (χ0) is 53.9. The highest BCUT2D eigenvalue weighted by Crippen LogP contribution is 2.44. The number of aliphatic carboxylic acids is 1. The molecule has 2 aromatic carbocycles. The molecule has 0 aromatic heterocycles. The second-order valence-corrected chi connectivity index (χ2v) is 18.8. The first-order valence-corrected chi connectivity index (χ1v) is 24.7. The van der Waals surface area contributed by atoms with Gasteiger partial charge in [-0.05, 0) is 62.1 Å². The Labute approximate surface area is 432 Å². The molecule has 2 aliphatic rings. The van der Waals surface area contributed by atoms with Crippen LogP contribution in [0, 0.1) is 35.5 Å². The summed E-state index contributed by atoms with van der Waals surface area (Å²) >= 11 is 0. The molecule has 15 atom stereocenters. The number of carboxylic acids is 1. The van der Waals surface area contributed by atoms with Gasteiger partial charge in [-0.25, -0.2) is 4.79 Å². The molecule has 2 aromatic rings. The topological polar surface area (TPSA) is 204 Å². The van der Waals surface area contributed by atoms with E-state index in [1.54, 1.807) is 51.7 Å². The van der Waals surface area contributed by atoms with Crippen LogP contribution in [-0.2, 0) is 57.0 Å². The lowest BCUT2D eigenvalue weighted by molar-refractivity contribution is -0.306. The van der Waals surface area contributed by atoms with Crippen molar-refractivity contribution in [3.05, 3.63) is 83.0 Å². The number of ether oxygens (including phenoxy) is 14. The van der Waals surface area contributed by atoms with Crippen LogP contribution in [0.3, 0.4) is 0 Å². The highest BCUT2D eigenvalue weighted by atomic mass is 16.7. The van der Waals surface area contributed by atoms with Crippen molar-refractivity contribution in [1.29, 1.82) is 0 Å². The molecule has 2 fully saturated rings. The summed E-state index contributed by atoms with van der Waals surface area (Å²) in [6.07, 6.45) is 0.235. The fourth-order valence-corrected chi connectivity index (χ4v) is 9.93. The van der Waals surface area contributed by atoms with Gasteiger partial charge in [-0.1, -0.05) is 71.1 Å². The number of rotatable bonds is 30. The molecule has 4 rings (SSSR count). The van der Waals surface area contributed by atoms with E-state index in [1.165, 1.54) is 28.4 Å². The van der Waals surface area contributed by atoms with Crippen molar-refractivity contribution in [1.82, 2.24) is 0 Å². The lowest BCUT2D eigenvalue weighted by Gasteiger charge is -2.46. The zero-order valence-electron chi connectivity index (χ0n) is 45.4. The minimum Gasteiger partial charge on any atom is -0.493 e. The van der Waals surface area contributed by atoms with Crippen molar-refractivity contribution in [3.8, 4) is 23.0 Å². The third kappa shape index (κ3) is 16.0. The van der Waals surface area contributed by atoms with Crippen molar-refractivity contribution >= 4 is 11.8 Å². The predicted octanol–water partition coefficient (Wildman–Crippen LogP) is 8.26. The molecule has 2 aliphatic heterocycles. The number of Topliss-reactive ketones (excluding diaryl/α,β-unsaturated/α-hetero) is 1. The van der Waals surface area contributed by atoms with Crippen LogP contribution in [0.1, 0.15) is 85.5 Å². The zero-order valence-corrected chi connectivity index (χ0v) is 45.4. The number of allylic oxidation sites excluding steroid dienone is 4. The van der Waals surface area contributed by atoms with Gasteiger partial charge in [0.25, 0.3) is 0 Å². The number of carbonyl (C=O) groups is 2. The van der Waals surface area contributed by atoms with Crippen LogP contribution >= 0.6 is 0 Å². The maximum Gasteiger partial charge on any atom is 0.335 e. The number of benzene rings is 2. The summed E-state index contributed by atoms with van der Waals surface area (Å²) in [5.74, 6) is -2.05. The summed E-state index contributed by atoms with van der Waals surface area (Å²) in [5, 5.41) is 21.6. The second kappa shape index (κ2) is 30.2. The van der Waals surface area contributed by atoms with E-state index >= 15 is 0 Å². The van der Waals surface area contributed by atoms with Gasteiger partial charge in [-0.15, -0.1) is 0 Å². The summed E-state index contributed by atoms with van der Waals surface area (Å²) in [6.45, 7) is 14.7. The Morgan fingerprint density at radius 3 is 1.64 bits per heavy atom. The van der Waals surface area contributed by atoms with E-state index in [4.69, 9.17) is 66.3 Å². The molecule has 2 heterocycles. The second-order valence-electron chi connectivity index (χ2n) is 18.8. The summed E-state index contributed by atoms with van der Waals surface area (Å²) < 4.78 is 83.3. The van der Waals surface area contributed by atoms with Gasteiger partial charge in [0.1, 0.15) is 32.3 Å². The lowest BCUT2D eigenvalue weighted by atomic mass is 9.79. The molecule has 18 nitrogen and oxygen atoms in total. The molecule has 0 aliphatic carbocycles. The van der Waals surface area contributed by atoms with E-state index < -0.39 is 90.9 Å². The molecule has 0 bridgehead atoms. The van der Waals surface area contributed by atoms with Gasteiger partial charge < -0.3 is 76.5 Å². The highest BCUT2D eigenvalue weighted by molar-refractivity contribution is 5.83. The molecule has 18 heteroatoms. The number of aliphatic hydroxyl groups excluding tert-OH is 1. The van der Waals surface area contributed by atoms with Crippen LogP contribution in [0.2, 0.25) is 0 Å². The number of hydrogen-bond donors (Lipinski definition) is 2. The summed E-state index contributed by atoms with van der Waals surface area (Å²) in [4.78, 5) is 27.4. The molecule has 2 saturated heterocycles. The van der Waals surface area contributed by atoms with Gasteiger partial charge in [0, 0.05) is 68.5 Å². The third-order valence-electron chi connectivity index (χ3n) is 13.6. The van der Waals surface area contributed by atoms with Gasteiger partial charge in [0.15, 0.2) is 41.7 Å². The molecule has 73 heavy (non-hydrogen) atoms. The summed E-state index contributed by atoms with van der Waals surface area (Å²) in [5.41, 5.74) is 2.79. The van der Waals surface area contributed by atoms with E-state index in [1.807, 2.05) is 66.7 Å². The maximum absolute atomic E-state index is 14.6. The van der Waals surface area contributed by atoms with E-state index in [0.29, 0.717) is 39.7 Å². The fourth-order valence-electron chi connectivity index (χ4n) is 9.93. The molecule has 0 saturated carbocycles. The molecule has 410 valence electrons. The number of aliphatic hydroxyl groups is 1. The van der Waals surface area contributed by atoms with Crippen LogP contribution in [0.4, 0.5) is 0 Å². The van der Waals surface area contributed by atoms with E-state index in [0.717, 1.165) is 5.57 Å². The number of methoxy groups -OCH3 is 7. The smallest absolute Gasteiger partial charge is 0.335 e. The molecule has 0 unspecified atom stereocenters. The summed E-state index contributed by atoms with van der Waals surface area (Å²) in [7, 11) is 10.6. The number of carboxylic acid groups (broad SMARTS) is 1. The molecular weight excluding hydrogens is 949 g/mol. The molecule has 0 amide bonds. The quantitative estimate of drug-likeness (QED) is 0.0558. The maximum atomic E-state index is 14.6. The average Bonchev–Trinajstić information content (AvgIpc) is 3.38. The molecule has 2 N–H and O–H groups in total. The molecule has 0 spiro atoms. The Bertz CT molecular complexity index is 2110. The number of hydrogen-bond acceptors (Lipinski definition) is 17. The Hall–Kier alpha value is -4.44. The van der Waals surface area contributed by atoms with Crippen molar-refractivity contribution in [2.45, 2.75) is 117 Å². The van der Waals surface area contributed by atoms with Crippen LogP contribution in [0.15, 0.2) is 71.8 Å². The number of carbonyl (C=O) groups excluding carboxylic acids is 1. The fraction of sp³-hybridized carbons (Fsp3) is 0.636. The first-order valence-electron chi connectivity index (χ1n) is 24.7. The Balaban J connectivity index is 1.72. The van der Waals surface area contributed by atoms with Crippen LogP contribution in [0.25, 0.3) is 0 Å². The predicted molar refractivity (Wildman–Crippen MR) is 270 cm³/mol. The van der Waals surface area contributed by atoms with Crippen LogP contribution < -0.4 is 18.9 Å². The minimum atomic E-state index is -1.42. The number of ketones is 1. The Morgan fingerprint density at radius 1 is 0.644 bits per heavy atom. The first kappa shape index (κ1) is 61.1. The van der Waals surface area contributed by atoms with E-state index in [9.17, 15) is 19.8 Å². The van der Waals surface area contributed by atoms with Gasteiger partial charge in [0.2, 0.25) is 0 Å². The van der Waals surface area contributed by atoms with E-state index in [-0.39, 0.29) is 45.1 Å². The summed E-state index contributed by atoms with van der Waals surface area (Å²) in [6, 6.07) is 10.5. The van der Waals surface area contributed by atoms with Gasteiger partial charge >= 0.3 is 5.97 Å². The van der Waals surface area contributed by atoms with Gasteiger partial charge in [-0.2, -0.15) is 0 Å². The minimum absolute atomic E-state index is 0.00332. The largest absolute Gasteiger partial charge is 0.493 e. The molecular formula is C55H82O18. The Kier molecular flexibility index (Phi) is 25.3. The average molecular weight is 1030 g/mol. The third-order valence-corrected chi connectivity index (χ3v) is 13.6. The monoisotopic (exact) mass is 1030 g/mol.